The van der Waals surface area contributed by atoms with Crippen LogP contribution in [0.5, 0.6) is 5.75 Å². The topological polar surface area (TPSA) is 112 Å². The summed E-state index contributed by atoms with van der Waals surface area (Å²) in [5, 5.41) is 18.0. The Bertz CT molecular complexity index is 954. The molecule has 27 heavy (non-hydrogen) atoms. The summed E-state index contributed by atoms with van der Waals surface area (Å²) in [6.07, 6.45) is 3.04. The molecule has 0 spiro atoms. The Labute approximate surface area is 154 Å². The number of nitro benzene ring substituents is 1. The van der Waals surface area contributed by atoms with Gasteiger partial charge in [0.2, 0.25) is 0 Å². The largest absolute Gasteiger partial charge is 0.490 e. The highest BCUT2D eigenvalue weighted by Crippen LogP contribution is 2.27. The zero-order valence-electron chi connectivity index (χ0n) is 14.7. The lowest BCUT2D eigenvalue weighted by Crippen LogP contribution is -2.26. The number of rotatable bonds is 6. The molecule has 0 radical (unpaired) electrons. The van der Waals surface area contributed by atoms with Crippen LogP contribution in [0.3, 0.4) is 0 Å². The van der Waals surface area contributed by atoms with Crippen molar-refractivity contribution in [2.75, 3.05) is 7.11 Å². The minimum atomic E-state index is -0.581. The van der Waals surface area contributed by atoms with E-state index >= 15 is 0 Å². The first-order valence-electron chi connectivity index (χ1n) is 8.08. The van der Waals surface area contributed by atoms with E-state index in [-0.39, 0.29) is 23.0 Å². The van der Waals surface area contributed by atoms with Crippen LogP contribution in [0, 0.1) is 10.1 Å². The van der Waals surface area contributed by atoms with E-state index in [1.54, 1.807) is 11.0 Å². The number of hydrogen-bond donors (Lipinski definition) is 1. The fourth-order valence-corrected chi connectivity index (χ4v) is 2.59. The van der Waals surface area contributed by atoms with Crippen molar-refractivity contribution >= 4 is 11.6 Å². The second-order valence-electron chi connectivity index (χ2n) is 5.77. The summed E-state index contributed by atoms with van der Waals surface area (Å²) in [5.41, 5.74) is 1.67. The smallest absolute Gasteiger partial charge is 0.311 e. The number of carbonyl (C=O) groups is 1. The molecule has 1 N–H and O–H groups in total. The SMILES string of the molecule is COc1ccc(C(=O)N[C@@H](C)c2ccc(-n3cncn3)cc2)cc1[N+](=O)[O-]. The lowest BCUT2D eigenvalue weighted by molar-refractivity contribution is -0.385. The van der Waals surface area contributed by atoms with Gasteiger partial charge < -0.3 is 10.1 Å². The summed E-state index contributed by atoms with van der Waals surface area (Å²) in [6.45, 7) is 1.83. The summed E-state index contributed by atoms with van der Waals surface area (Å²) in [4.78, 5) is 26.9. The molecule has 1 amide bonds. The second kappa shape index (κ2) is 7.65. The highest BCUT2D eigenvalue weighted by atomic mass is 16.6. The number of hydrogen-bond acceptors (Lipinski definition) is 6. The van der Waals surface area contributed by atoms with Gasteiger partial charge >= 0.3 is 5.69 Å². The quantitative estimate of drug-likeness (QED) is 0.529. The highest BCUT2D eigenvalue weighted by molar-refractivity contribution is 5.95. The minimum absolute atomic E-state index is 0.105. The van der Waals surface area contributed by atoms with Gasteiger partial charge in [-0.2, -0.15) is 5.10 Å². The molecule has 0 aliphatic heterocycles. The molecule has 1 aromatic heterocycles. The molecule has 9 nitrogen and oxygen atoms in total. The first-order chi connectivity index (χ1) is 13.0. The maximum Gasteiger partial charge on any atom is 0.311 e. The monoisotopic (exact) mass is 367 g/mol. The van der Waals surface area contributed by atoms with Gasteiger partial charge in [-0.1, -0.05) is 12.1 Å². The zero-order valence-corrected chi connectivity index (χ0v) is 14.7. The maximum absolute atomic E-state index is 12.5. The van der Waals surface area contributed by atoms with Crippen LogP contribution < -0.4 is 10.1 Å². The molecule has 0 aliphatic rings. The third kappa shape index (κ3) is 3.92. The predicted molar refractivity (Wildman–Crippen MR) is 96.9 cm³/mol. The molecule has 0 saturated heterocycles. The average molecular weight is 367 g/mol. The molecule has 138 valence electrons. The van der Waals surface area contributed by atoms with Crippen molar-refractivity contribution in [2.45, 2.75) is 13.0 Å². The van der Waals surface area contributed by atoms with Crippen LogP contribution in [-0.4, -0.2) is 32.7 Å². The summed E-state index contributed by atoms with van der Waals surface area (Å²) >= 11 is 0. The van der Waals surface area contributed by atoms with Crippen LogP contribution in [0.4, 0.5) is 5.69 Å². The third-order valence-corrected chi connectivity index (χ3v) is 4.06. The van der Waals surface area contributed by atoms with Gasteiger partial charge in [0, 0.05) is 11.6 Å². The standard InChI is InChI=1S/C18H17N5O4/c1-12(13-3-6-15(7-4-13)22-11-19-10-20-22)21-18(24)14-5-8-17(27-2)16(9-14)23(25)26/h3-12H,1-2H3,(H,21,24)/t12-/m0/s1. The first-order valence-corrected chi connectivity index (χ1v) is 8.08. The molecule has 9 heteroatoms. The van der Waals surface area contributed by atoms with E-state index in [4.69, 9.17) is 4.74 Å². The Balaban J connectivity index is 1.74. The number of methoxy groups -OCH3 is 1. The number of carbonyl (C=O) groups excluding carboxylic acids is 1. The first kappa shape index (κ1) is 18.1. The van der Waals surface area contributed by atoms with Crippen molar-refractivity contribution in [3.05, 3.63) is 76.4 Å². The van der Waals surface area contributed by atoms with E-state index in [1.807, 2.05) is 31.2 Å². The van der Waals surface area contributed by atoms with Gasteiger partial charge in [-0.15, -0.1) is 0 Å². The number of nitro groups is 1. The Morgan fingerprint density at radius 1 is 1.26 bits per heavy atom. The average Bonchev–Trinajstić information content (AvgIpc) is 3.22. The van der Waals surface area contributed by atoms with Crippen molar-refractivity contribution in [2.24, 2.45) is 0 Å². The van der Waals surface area contributed by atoms with Crippen LogP contribution >= 0.6 is 0 Å². The fraction of sp³-hybridized carbons (Fsp3) is 0.167. The van der Waals surface area contributed by atoms with Gasteiger partial charge in [-0.3, -0.25) is 14.9 Å². The molecule has 0 unspecified atom stereocenters. The molecule has 0 saturated carbocycles. The van der Waals surface area contributed by atoms with Crippen LogP contribution in [0.1, 0.15) is 28.9 Å². The van der Waals surface area contributed by atoms with Crippen molar-refractivity contribution < 1.29 is 14.5 Å². The predicted octanol–water partition coefficient (Wildman–Crippen LogP) is 2.68. The van der Waals surface area contributed by atoms with E-state index < -0.39 is 10.8 Å². The van der Waals surface area contributed by atoms with Crippen molar-refractivity contribution in [3.63, 3.8) is 0 Å². The van der Waals surface area contributed by atoms with Crippen molar-refractivity contribution in [1.82, 2.24) is 20.1 Å². The maximum atomic E-state index is 12.5. The van der Waals surface area contributed by atoms with Crippen LogP contribution in [-0.2, 0) is 0 Å². The summed E-state index contributed by atoms with van der Waals surface area (Å²) in [6, 6.07) is 11.3. The molecular formula is C18H17N5O4. The molecule has 1 heterocycles. The third-order valence-electron chi connectivity index (χ3n) is 4.06. The van der Waals surface area contributed by atoms with E-state index in [0.29, 0.717) is 0 Å². The molecule has 3 aromatic rings. The molecule has 0 fully saturated rings. The molecular weight excluding hydrogens is 350 g/mol. The second-order valence-corrected chi connectivity index (χ2v) is 5.77. The highest BCUT2D eigenvalue weighted by Gasteiger charge is 2.19. The van der Waals surface area contributed by atoms with Gasteiger partial charge in [-0.25, -0.2) is 9.67 Å². The van der Waals surface area contributed by atoms with E-state index in [2.05, 4.69) is 15.4 Å². The molecule has 2 aromatic carbocycles. The number of nitrogens with one attached hydrogen (secondary N) is 1. The summed E-state index contributed by atoms with van der Waals surface area (Å²) in [7, 11) is 1.34. The normalized spacial score (nSPS) is 11.6. The van der Waals surface area contributed by atoms with Crippen LogP contribution in [0.25, 0.3) is 5.69 Å². The van der Waals surface area contributed by atoms with E-state index in [0.717, 1.165) is 11.3 Å². The zero-order chi connectivity index (χ0) is 19.4. The van der Waals surface area contributed by atoms with E-state index in [1.165, 1.54) is 31.6 Å². The summed E-state index contributed by atoms with van der Waals surface area (Å²) < 4.78 is 6.58. The van der Waals surface area contributed by atoms with Crippen LogP contribution in [0.2, 0.25) is 0 Å². The van der Waals surface area contributed by atoms with Crippen molar-refractivity contribution in [1.29, 1.82) is 0 Å². The lowest BCUT2D eigenvalue weighted by Gasteiger charge is -2.15. The number of amides is 1. The van der Waals surface area contributed by atoms with Gasteiger partial charge in [-0.05, 0) is 36.8 Å². The minimum Gasteiger partial charge on any atom is -0.490 e. The lowest BCUT2D eigenvalue weighted by atomic mass is 10.1. The van der Waals surface area contributed by atoms with Crippen molar-refractivity contribution in [3.8, 4) is 11.4 Å². The van der Waals surface area contributed by atoms with Gasteiger partial charge in [0.25, 0.3) is 5.91 Å². The number of benzene rings is 2. The summed E-state index contributed by atoms with van der Waals surface area (Å²) in [5.74, 6) is -0.304. The van der Waals surface area contributed by atoms with E-state index in [9.17, 15) is 14.9 Å². The molecule has 3 rings (SSSR count). The number of aromatic nitrogens is 3. The molecule has 0 aliphatic carbocycles. The molecule has 1 atom stereocenters. The number of ether oxygens (including phenoxy) is 1. The van der Waals surface area contributed by atoms with Gasteiger partial charge in [0.1, 0.15) is 12.7 Å². The Kier molecular flexibility index (Phi) is 5.11. The molecule has 0 bridgehead atoms. The number of nitrogens with zero attached hydrogens (tertiary/aromatic N) is 4. The Morgan fingerprint density at radius 3 is 2.59 bits per heavy atom. The van der Waals surface area contributed by atoms with Crippen LogP contribution in [0.15, 0.2) is 55.1 Å². The fourth-order valence-electron chi connectivity index (χ4n) is 2.59. The Hall–Kier alpha value is -3.75. The van der Waals surface area contributed by atoms with Gasteiger partial charge in [0.15, 0.2) is 5.75 Å². The Morgan fingerprint density at radius 2 is 2.00 bits per heavy atom. The van der Waals surface area contributed by atoms with Gasteiger partial charge in [0.05, 0.1) is 23.8 Å².